The topological polar surface area (TPSA) is 112 Å². The molecule has 0 unspecified atom stereocenters. The van der Waals surface area contributed by atoms with Crippen molar-refractivity contribution < 1.29 is 17.3 Å². The first-order chi connectivity index (χ1) is 12.9. The first kappa shape index (κ1) is 18.7. The minimum Gasteiger partial charge on any atom is -0.455 e. The Kier molecular flexibility index (Phi) is 5.03. The molecule has 140 valence electrons. The maximum atomic E-state index is 12.9. The van der Waals surface area contributed by atoms with Crippen LogP contribution in [-0.2, 0) is 16.6 Å². The van der Waals surface area contributed by atoms with Crippen molar-refractivity contribution in [3.8, 4) is 17.7 Å². The Labute approximate surface area is 157 Å². The molecule has 8 nitrogen and oxygen atoms in total. The largest absolute Gasteiger partial charge is 0.455 e. The summed E-state index contributed by atoms with van der Waals surface area (Å²) in [6, 6.07) is 12.5. The smallest absolute Gasteiger partial charge is 0.266 e. The van der Waals surface area contributed by atoms with Gasteiger partial charge in [-0.3, -0.25) is 0 Å². The van der Waals surface area contributed by atoms with E-state index in [4.69, 9.17) is 14.1 Å². The fourth-order valence-electron chi connectivity index (χ4n) is 2.59. The van der Waals surface area contributed by atoms with Crippen LogP contribution in [0.5, 0.6) is 0 Å². The van der Waals surface area contributed by atoms with Gasteiger partial charge in [0.25, 0.3) is 5.89 Å². The zero-order valence-corrected chi connectivity index (χ0v) is 15.9. The number of hydrogen-bond donors (Lipinski definition) is 1. The number of nitrogens with one attached hydrogen (secondary N) is 1. The van der Waals surface area contributed by atoms with Crippen molar-refractivity contribution >= 4 is 15.9 Å². The number of aromatic nitrogens is 1. The predicted molar refractivity (Wildman–Crippen MR) is 98.3 cm³/mol. The molecule has 0 aliphatic carbocycles. The molecule has 27 heavy (non-hydrogen) atoms. The van der Waals surface area contributed by atoms with E-state index < -0.39 is 10.0 Å². The number of oxazole rings is 1. The normalized spacial score (nSPS) is 11.5. The van der Waals surface area contributed by atoms with Crippen molar-refractivity contribution in [2.24, 2.45) is 0 Å². The van der Waals surface area contributed by atoms with Crippen molar-refractivity contribution in [3.63, 3.8) is 0 Å². The van der Waals surface area contributed by atoms with Crippen molar-refractivity contribution in [2.45, 2.75) is 18.4 Å². The molecule has 9 heteroatoms. The molecule has 0 amide bonds. The molecule has 0 aliphatic rings. The van der Waals surface area contributed by atoms with E-state index >= 15 is 0 Å². The molecule has 0 spiro atoms. The number of rotatable bonds is 6. The number of furan rings is 1. The van der Waals surface area contributed by atoms with Gasteiger partial charge in [0.15, 0.2) is 5.76 Å². The highest BCUT2D eigenvalue weighted by Gasteiger charge is 2.28. The molecule has 2 aromatic heterocycles. The van der Waals surface area contributed by atoms with Gasteiger partial charge >= 0.3 is 0 Å². The van der Waals surface area contributed by atoms with Gasteiger partial charge in [0.2, 0.25) is 21.6 Å². The second-order valence-electron chi connectivity index (χ2n) is 5.84. The van der Waals surface area contributed by atoms with E-state index in [0.717, 1.165) is 5.56 Å². The van der Waals surface area contributed by atoms with Gasteiger partial charge in [-0.1, -0.05) is 30.3 Å². The van der Waals surface area contributed by atoms with Crippen molar-refractivity contribution in [1.29, 1.82) is 5.26 Å². The van der Waals surface area contributed by atoms with Crippen LogP contribution in [0.15, 0.2) is 50.1 Å². The standard InChI is InChI=1S/C18H18N4O4S/c1-12-16(27(23,24)22(3)11-13-7-5-4-6-8-13)9-15(25-12)18-21-14(10-19)17(20-2)26-18/h4-9,20H,11H2,1-3H3. The van der Waals surface area contributed by atoms with E-state index in [9.17, 15) is 8.42 Å². The average Bonchev–Trinajstić information content (AvgIpc) is 3.25. The van der Waals surface area contributed by atoms with Gasteiger partial charge in [0, 0.05) is 26.7 Å². The molecule has 0 fully saturated rings. The Balaban J connectivity index is 1.93. The van der Waals surface area contributed by atoms with Gasteiger partial charge in [0.1, 0.15) is 16.7 Å². The number of hydrogen-bond acceptors (Lipinski definition) is 7. The summed E-state index contributed by atoms with van der Waals surface area (Å²) in [5.74, 6) is 0.572. The zero-order valence-electron chi connectivity index (χ0n) is 15.1. The van der Waals surface area contributed by atoms with Crippen molar-refractivity contribution in [3.05, 3.63) is 53.4 Å². The molecular weight excluding hydrogens is 368 g/mol. The highest BCUT2D eigenvalue weighted by molar-refractivity contribution is 7.89. The fraction of sp³-hybridized carbons (Fsp3) is 0.222. The number of nitrogens with zero attached hydrogens (tertiary/aromatic N) is 3. The highest BCUT2D eigenvalue weighted by Crippen LogP contribution is 2.31. The summed E-state index contributed by atoms with van der Waals surface area (Å²) in [6.45, 7) is 1.78. The Hall–Kier alpha value is -3.09. The van der Waals surface area contributed by atoms with Crippen molar-refractivity contribution in [2.75, 3.05) is 19.4 Å². The Morgan fingerprint density at radius 1 is 1.26 bits per heavy atom. The number of aryl methyl sites for hydroxylation is 1. The summed E-state index contributed by atoms with van der Waals surface area (Å²) in [6.07, 6.45) is 0. The van der Waals surface area contributed by atoms with Crippen molar-refractivity contribution in [1.82, 2.24) is 9.29 Å². The Bertz CT molecular complexity index is 1090. The molecule has 3 rings (SSSR count). The van der Waals surface area contributed by atoms with E-state index in [0.29, 0.717) is 0 Å². The first-order valence-corrected chi connectivity index (χ1v) is 9.50. The summed E-state index contributed by atoms with van der Waals surface area (Å²) < 4.78 is 38.1. The number of sulfonamides is 1. The molecule has 0 saturated heterocycles. The molecule has 0 radical (unpaired) electrons. The number of nitriles is 1. The lowest BCUT2D eigenvalue weighted by atomic mass is 10.2. The maximum absolute atomic E-state index is 12.9. The van der Waals surface area contributed by atoms with Crippen LogP contribution in [0.25, 0.3) is 11.7 Å². The molecule has 2 heterocycles. The Morgan fingerprint density at radius 3 is 2.56 bits per heavy atom. The van der Waals surface area contributed by atoms with Gasteiger partial charge in [-0.15, -0.1) is 0 Å². The molecule has 1 N–H and O–H groups in total. The van der Waals surface area contributed by atoms with E-state index in [2.05, 4.69) is 10.3 Å². The van der Waals surface area contributed by atoms with Gasteiger partial charge in [-0.2, -0.15) is 14.6 Å². The summed E-state index contributed by atoms with van der Waals surface area (Å²) in [5.41, 5.74) is 0.933. The monoisotopic (exact) mass is 386 g/mol. The number of benzene rings is 1. The van der Waals surface area contributed by atoms with Crippen LogP contribution in [0, 0.1) is 18.3 Å². The molecular formula is C18H18N4O4S. The first-order valence-electron chi connectivity index (χ1n) is 8.06. The van der Waals surface area contributed by atoms with Crippen LogP contribution in [0.3, 0.4) is 0 Å². The van der Waals surface area contributed by atoms with E-state index in [-0.39, 0.29) is 40.4 Å². The third-order valence-corrected chi connectivity index (χ3v) is 5.89. The van der Waals surface area contributed by atoms with E-state index in [1.165, 1.54) is 17.4 Å². The average molecular weight is 386 g/mol. The van der Waals surface area contributed by atoms with Gasteiger partial charge < -0.3 is 14.2 Å². The lowest BCUT2D eigenvalue weighted by Gasteiger charge is -2.16. The lowest BCUT2D eigenvalue weighted by Crippen LogP contribution is -2.26. The molecule has 3 aromatic rings. The third-order valence-electron chi connectivity index (χ3n) is 3.98. The minimum atomic E-state index is -3.78. The van der Waals surface area contributed by atoms with E-state index in [1.54, 1.807) is 14.0 Å². The van der Waals surface area contributed by atoms with Crippen LogP contribution in [0.2, 0.25) is 0 Å². The SMILES string of the molecule is CNc1oc(-c2cc(S(=O)(=O)N(C)Cc3ccccc3)c(C)o2)nc1C#N. The summed E-state index contributed by atoms with van der Waals surface area (Å²) in [5, 5.41) is 11.8. The molecule has 1 aromatic carbocycles. The second-order valence-corrected chi connectivity index (χ2v) is 7.85. The van der Waals surface area contributed by atoms with Gasteiger partial charge in [-0.05, 0) is 12.5 Å². The van der Waals surface area contributed by atoms with Gasteiger partial charge in [0.05, 0.1) is 0 Å². The molecule has 0 saturated carbocycles. The van der Waals surface area contributed by atoms with Crippen LogP contribution in [-0.4, -0.2) is 31.8 Å². The highest BCUT2D eigenvalue weighted by atomic mass is 32.2. The van der Waals surface area contributed by atoms with E-state index in [1.807, 2.05) is 36.4 Å². The quantitative estimate of drug-likeness (QED) is 0.693. The zero-order chi connectivity index (χ0) is 19.6. The molecule has 0 aliphatic heterocycles. The van der Waals surface area contributed by atoms with Crippen LogP contribution in [0.4, 0.5) is 5.88 Å². The van der Waals surface area contributed by atoms with Crippen LogP contribution < -0.4 is 5.32 Å². The molecule has 0 bridgehead atoms. The van der Waals surface area contributed by atoms with Crippen LogP contribution >= 0.6 is 0 Å². The fourth-order valence-corrected chi connectivity index (χ4v) is 3.91. The summed E-state index contributed by atoms with van der Waals surface area (Å²) in [4.78, 5) is 4.05. The van der Waals surface area contributed by atoms with Crippen LogP contribution in [0.1, 0.15) is 17.0 Å². The molecule has 0 atom stereocenters. The minimum absolute atomic E-state index is 0.0265. The third kappa shape index (κ3) is 3.58. The number of anilines is 1. The summed E-state index contributed by atoms with van der Waals surface area (Å²) in [7, 11) is -0.683. The second kappa shape index (κ2) is 7.26. The lowest BCUT2D eigenvalue weighted by molar-refractivity contribution is 0.461. The van der Waals surface area contributed by atoms with Gasteiger partial charge in [-0.25, -0.2) is 8.42 Å². The predicted octanol–water partition coefficient (Wildman–Crippen LogP) is 2.98. The maximum Gasteiger partial charge on any atom is 0.266 e. The summed E-state index contributed by atoms with van der Waals surface area (Å²) >= 11 is 0. The Morgan fingerprint density at radius 2 is 1.96 bits per heavy atom.